The van der Waals surface area contributed by atoms with Crippen LogP contribution >= 0.6 is 0 Å². The van der Waals surface area contributed by atoms with Crippen molar-refractivity contribution in [1.82, 2.24) is 9.78 Å². The molecule has 0 amide bonds. The van der Waals surface area contributed by atoms with E-state index in [0.717, 1.165) is 5.69 Å². The molecule has 116 valence electrons. The number of carbonyl (C=O) groups is 1. The Morgan fingerprint density at radius 3 is 2.48 bits per heavy atom. The predicted molar refractivity (Wildman–Crippen MR) is 86.1 cm³/mol. The Bertz CT molecular complexity index is 797. The molecule has 0 atom stereocenters. The molecule has 1 heterocycles. The summed E-state index contributed by atoms with van der Waals surface area (Å²) >= 11 is 0. The number of carbonyl (C=O) groups excluding carboxylic acids is 1. The molecular formula is C18H16N2O3. The Morgan fingerprint density at radius 2 is 1.74 bits per heavy atom. The summed E-state index contributed by atoms with van der Waals surface area (Å²) in [5, 5.41) is 4.19. The fourth-order valence-electron chi connectivity index (χ4n) is 2.12. The van der Waals surface area contributed by atoms with E-state index in [9.17, 15) is 4.79 Å². The summed E-state index contributed by atoms with van der Waals surface area (Å²) in [7, 11) is 0. The minimum absolute atomic E-state index is 0.375. The van der Waals surface area contributed by atoms with E-state index in [1.807, 2.05) is 43.3 Å². The minimum Gasteiger partial charge on any atom is -0.490 e. The largest absolute Gasteiger partial charge is 0.490 e. The average Bonchev–Trinajstić information content (AvgIpc) is 3.08. The lowest BCUT2D eigenvalue weighted by Crippen LogP contribution is -2.08. The Labute approximate surface area is 134 Å². The van der Waals surface area contributed by atoms with Crippen molar-refractivity contribution in [3.63, 3.8) is 0 Å². The van der Waals surface area contributed by atoms with E-state index in [1.165, 1.54) is 6.20 Å². The van der Waals surface area contributed by atoms with Gasteiger partial charge in [0.05, 0.1) is 24.1 Å². The molecule has 1 aromatic heterocycles. The summed E-state index contributed by atoms with van der Waals surface area (Å²) in [5.41, 5.74) is 1.25. The van der Waals surface area contributed by atoms with Crippen molar-refractivity contribution >= 4 is 5.97 Å². The molecule has 0 spiro atoms. The van der Waals surface area contributed by atoms with Crippen LogP contribution in [0.25, 0.3) is 5.69 Å². The zero-order valence-electron chi connectivity index (χ0n) is 12.7. The number of aromatic nitrogens is 2. The van der Waals surface area contributed by atoms with Crippen molar-refractivity contribution < 1.29 is 14.3 Å². The van der Waals surface area contributed by atoms with Gasteiger partial charge in [-0.15, -0.1) is 0 Å². The number of ether oxygens (including phenoxy) is 2. The van der Waals surface area contributed by atoms with E-state index >= 15 is 0 Å². The van der Waals surface area contributed by atoms with Gasteiger partial charge in [0, 0.05) is 6.20 Å². The third kappa shape index (κ3) is 3.40. The maximum absolute atomic E-state index is 12.3. The topological polar surface area (TPSA) is 53.4 Å². The van der Waals surface area contributed by atoms with Crippen molar-refractivity contribution in [3.05, 3.63) is 72.6 Å². The van der Waals surface area contributed by atoms with Gasteiger partial charge >= 0.3 is 5.97 Å². The SMILES string of the molecule is CCOc1ccccc1OC(=O)c1cnn(-c2ccccc2)c1. The highest BCUT2D eigenvalue weighted by atomic mass is 16.6. The van der Waals surface area contributed by atoms with E-state index in [4.69, 9.17) is 9.47 Å². The van der Waals surface area contributed by atoms with Crippen LogP contribution in [0.4, 0.5) is 0 Å². The van der Waals surface area contributed by atoms with Crippen LogP contribution < -0.4 is 9.47 Å². The second-order valence-corrected chi connectivity index (χ2v) is 4.78. The lowest BCUT2D eigenvalue weighted by atomic mass is 10.3. The molecule has 5 heteroatoms. The van der Waals surface area contributed by atoms with Gasteiger partial charge in [0.1, 0.15) is 0 Å². The van der Waals surface area contributed by atoms with Gasteiger partial charge in [-0.2, -0.15) is 5.10 Å². The van der Waals surface area contributed by atoms with Crippen LogP contribution in [0.2, 0.25) is 0 Å². The molecule has 0 aliphatic rings. The Kier molecular flexibility index (Phi) is 4.38. The van der Waals surface area contributed by atoms with E-state index in [2.05, 4.69) is 5.10 Å². The average molecular weight is 308 g/mol. The summed E-state index contributed by atoms with van der Waals surface area (Å²) in [6.45, 7) is 2.38. The van der Waals surface area contributed by atoms with Gasteiger partial charge in [0.15, 0.2) is 11.5 Å². The fraction of sp³-hybridized carbons (Fsp3) is 0.111. The summed E-state index contributed by atoms with van der Waals surface area (Å²) in [6, 6.07) is 16.6. The Balaban J connectivity index is 1.78. The summed E-state index contributed by atoms with van der Waals surface area (Å²) in [6.07, 6.45) is 3.12. The third-order valence-corrected chi connectivity index (χ3v) is 3.19. The molecule has 0 N–H and O–H groups in total. The van der Waals surface area contributed by atoms with E-state index in [0.29, 0.717) is 23.7 Å². The number of nitrogens with zero attached hydrogens (tertiary/aromatic N) is 2. The number of hydrogen-bond donors (Lipinski definition) is 0. The van der Waals surface area contributed by atoms with E-state index < -0.39 is 5.97 Å². The molecule has 0 saturated carbocycles. The van der Waals surface area contributed by atoms with Crippen molar-refractivity contribution in [2.45, 2.75) is 6.92 Å². The zero-order valence-corrected chi connectivity index (χ0v) is 12.7. The highest BCUT2D eigenvalue weighted by Gasteiger charge is 2.14. The summed E-state index contributed by atoms with van der Waals surface area (Å²) < 4.78 is 12.5. The summed E-state index contributed by atoms with van der Waals surface area (Å²) in [4.78, 5) is 12.3. The van der Waals surface area contributed by atoms with Crippen LogP contribution in [0.15, 0.2) is 67.0 Å². The van der Waals surface area contributed by atoms with Gasteiger partial charge in [-0.05, 0) is 31.2 Å². The van der Waals surface area contributed by atoms with Crippen molar-refractivity contribution in [2.75, 3.05) is 6.61 Å². The first-order chi connectivity index (χ1) is 11.3. The number of para-hydroxylation sites is 3. The molecule has 0 unspecified atom stereocenters. The highest BCUT2D eigenvalue weighted by molar-refractivity contribution is 5.90. The number of hydrogen-bond acceptors (Lipinski definition) is 4. The van der Waals surface area contributed by atoms with E-state index in [1.54, 1.807) is 29.1 Å². The van der Waals surface area contributed by atoms with Gasteiger partial charge < -0.3 is 9.47 Å². The molecule has 0 radical (unpaired) electrons. The molecule has 0 aliphatic carbocycles. The first-order valence-corrected chi connectivity index (χ1v) is 7.32. The lowest BCUT2D eigenvalue weighted by Gasteiger charge is -2.09. The molecule has 3 rings (SSSR count). The second kappa shape index (κ2) is 6.79. The van der Waals surface area contributed by atoms with Gasteiger partial charge in [-0.25, -0.2) is 9.48 Å². The number of esters is 1. The lowest BCUT2D eigenvalue weighted by molar-refractivity contribution is 0.0728. The van der Waals surface area contributed by atoms with Gasteiger partial charge in [-0.1, -0.05) is 30.3 Å². The molecular weight excluding hydrogens is 292 g/mol. The molecule has 0 bridgehead atoms. The number of benzene rings is 2. The molecule has 0 saturated heterocycles. The van der Waals surface area contributed by atoms with Gasteiger partial charge in [-0.3, -0.25) is 0 Å². The van der Waals surface area contributed by atoms with Crippen LogP contribution in [-0.2, 0) is 0 Å². The highest BCUT2D eigenvalue weighted by Crippen LogP contribution is 2.27. The first-order valence-electron chi connectivity index (χ1n) is 7.32. The molecule has 0 aliphatic heterocycles. The van der Waals surface area contributed by atoms with Gasteiger partial charge in [0.2, 0.25) is 0 Å². The minimum atomic E-state index is -0.473. The van der Waals surface area contributed by atoms with Crippen molar-refractivity contribution in [1.29, 1.82) is 0 Å². The Morgan fingerprint density at radius 1 is 1.04 bits per heavy atom. The smallest absolute Gasteiger partial charge is 0.346 e. The van der Waals surface area contributed by atoms with Crippen LogP contribution in [0.1, 0.15) is 17.3 Å². The molecule has 0 fully saturated rings. The van der Waals surface area contributed by atoms with Crippen LogP contribution in [-0.4, -0.2) is 22.4 Å². The summed E-state index contributed by atoms with van der Waals surface area (Å²) in [5.74, 6) is 0.463. The number of rotatable bonds is 5. The zero-order chi connectivity index (χ0) is 16.1. The normalized spacial score (nSPS) is 10.3. The third-order valence-electron chi connectivity index (χ3n) is 3.19. The maximum Gasteiger partial charge on any atom is 0.346 e. The molecule has 23 heavy (non-hydrogen) atoms. The van der Waals surface area contributed by atoms with Crippen molar-refractivity contribution in [2.24, 2.45) is 0 Å². The molecule has 3 aromatic rings. The van der Waals surface area contributed by atoms with Crippen LogP contribution in [0.5, 0.6) is 11.5 Å². The Hall–Kier alpha value is -3.08. The van der Waals surface area contributed by atoms with Crippen molar-refractivity contribution in [3.8, 4) is 17.2 Å². The van der Waals surface area contributed by atoms with Gasteiger partial charge in [0.25, 0.3) is 0 Å². The monoisotopic (exact) mass is 308 g/mol. The predicted octanol–water partition coefficient (Wildman–Crippen LogP) is 3.49. The second-order valence-electron chi connectivity index (χ2n) is 4.78. The van der Waals surface area contributed by atoms with Crippen LogP contribution in [0, 0.1) is 0 Å². The first kappa shape index (κ1) is 14.8. The molecule has 5 nitrogen and oxygen atoms in total. The quantitative estimate of drug-likeness (QED) is 0.535. The van der Waals surface area contributed by atoms with Crippen LogP contribution in [0.3, 0.4) is 0 Å². The molecule has 2 aromatic carbocycles. The maximum atomic E-state index is 12.3. The standard InChI is InChI=1S/C18H16N2O3/c1-2-22-16-10-6-7-11-17(16)23-18(21)14-12-19-20(13-14)15-8-4-3-5-9-15/h3-13H,2H2,1H3. The van der Waals surface area contributed by atoms with E-state index in [-0.39, 0.29) is 0 Å². The fourth-order valence-corrected chi connectivity index (χ4v) is 2.12.